The summed E-state index contributed by atoms with van der Waals surface area (Å²) in [6.45, 7) is 5.45. The largest absolute Gasteiger partial charge is 0.334 e. The van der Waals surface area contributed by atoms with Crippen molar-refractivity contribution in [3.8, 4) is 0 Å². The minimum atomic E-state index is -4.26. The number of unbranched alkanes of at least 4 members (excludes halogenated alkanes) is 8. The zero-order chi connectivity index (χ0) is 16.1. The molecule has 0 rings (SSSR count). The summed E-state index contributed by atoms with van der Waals surface area (Å²) in [5.74, 6) is -0.589. The summed E-state index contributed by atoms with van der Waals surface area (Å²) in [5, 5.41) is 1.01. The van der Waals surface area contributed by atoms with Crippen molar-refractivity contribution in [2.45, 2.75) is 76.5 Å². The maximum Gasteiger partial charge on any atom is 0.286 e. The number of nitrogens with one attached hydrogen (secondary N) is 1. The van der Waals surface area contributed by atoms with Crippen LogP contribution in [-0.4, -0.2) is 24.3 Å². The molecule has 0 aromatic rings. The van der Waals surface area contributed by atoms with Crippen LogP contribution in [0.15, 0.2) is 12.7 Å². The average molecular weight is 319 g/mol. The van der Waals surface area contributed by atoms with Gasteiger partial charge in [0.15, 0.2) is 5.37 Å². The molecule has 0 radical (unpaired) electrons. The molecule has 124 valence electrons. The van der Waals surface area contributed by atoms with E-state index in [1.54, 1.807) is 0 Å². The third-order valence-electron chi connectivity index (χ3n) is 3.42. The fraction of sp³-hybridized carbons (Fsp3) is 0.800. The number of hydrogen-bond acceptors (Lipinski definition) is 3. The molecule has 0 saturated carbocycles. The Kier molecular flexibility index (Phi) is 11.3. The average Bonchev–Trinajstić information content (AvgIpc) is 2.42. The number of carbonyl (C=O) groups is 1. The van der Waals surface area contributed by atoms with Gasteiger partial charge in [-0.1, -0.05) is 71.3 Å². The van der Waals surface area contributed by atoms with Gasteiger partial charge in [0.25, 0.3) is 10.1 Å². The van der Waals surface area contributed by atoms with E-state index < -0.39 is 21.4 Å². The summed E-state index contributed by atoms with van der Waals surface area (Å²) in [4.78, 5) is 11.1. The van der Waals surface area contributed by atoms with Gasteiger partial charge in [0.05, 0.1) is 0 Å². The van der Waals surface area contributed by atoms with Gasteiger partial charge in [-0.3, -0.25) is 9.35 Å². The van der Waals surface area contributed by atoms with Gasteiger partial charge in [-0.15, -0.1) is 0 Å². The van der Waals surface area contributed by atoms with E-state index in [0.29, 0.717) is 6.42 Å². The Morgan fingerprint density at radius 1 is 1.10 bits per heavy atom. The second kappa shape index (κ2) is 11.7. The maximum absolute atomic E-state index is 11.2. The third kappa shape index (κ3) is 11.5. The summed E-state index contributed by atoms with van der Waals surface area (Å²) in [7, 11) is -4.26. The summed E-state index contributed by atoms with van der Waals surface area (Å²) in [6, 6.07) is 0. The molecule has 0 aliphatic heterocycles. The van der Waals surface area contributed by atoms with E-state index in [2.05, 4.69) is 18.8 Å². The quantitative estimate of drug-likeness (QED) is 0.309. The van der Waals surface area contributed by atoms with Crippen molar-refractivity contribution in [2.75, 3.05) is 0 Å². The summed E-state index contributed by atoms with van der Waals surface area (Å²) in [6.07, 6.45) is 11.3. The molecule has 0 aromatic heterocycles. The molecule has 0 aromatic carbocycles. The van der Waals surface area contributed by atoms with Crippen LogP contribution in [0.4, 0.5) is 0 Å². The second-order valence-electron chi connectivity index (χ2n) is 5.33. The van der Waals surface area contributed by atoms with E-state index >= 15 is 0 Å². The Balaban J connectivity index is 3.79. The fourth-order valence-electron chi connectivity index (χ4n) is 2.15. The minimum absolute atomic E-state index is 0.230. The van der Waals surface area contributed by atoms with Crippen molar-refractivity contribution in [3.63, 3.8) is 0 Å². The van der Waals surface area contributed by atoms with Crippen LogP contribution in [0.2, 0.25) is 0 Å². The van der Waals surface area contributed by atoms with E-state index in [0.717, 1.165) is 25.3 Å². The molecule has 0 spiro atoms. The Bertz CT molecular complexity index is 392. The zero-order valence-corrected chi connectivity index (χ0v) is 13.8. The first kappa shape index (κ1) is 20.1. The van der Waals surface area contributed by atoms with E-state index in [1.165, 1.54) is 32.1 Å². The van der Waals surface area contributed by atoms with Crippen molar-refractivity contribution >= 4 is 16.0 Å². The van der Waals surface area contributed by atoms with Gasteiger partial charge in [-0.25, -0.2) is 0 Å². The molecule has 21 heavy (non-hydrogen) atoms. The summed E-state index contributed by atoms with van der Waals surface area (Å²) in [5.41, 5.74) is 0. The molecular weight excluding hydrogens is 290 g/mol. The molecule has 0 saturated heterocycles. The minimum Gasteiger partial charge on any atom is -0.334 e. The molecule has 0 aliphatic rings. The lowest BCUT2D eigenvalue weighted by atomic mass is 10.1. The van der Waals surface area contributed by atoms with Crippen molar-refractivity contribution in [3.05, 3.63) is 12.7 Å². The van der Waals surface area contributed by atoms with Crippen LogP contribution in [0, 0.1) is 0 Å². The predicted octanol–water partition coefficient (Wildman–Crippen LogP) is 3.42. The monoisotopic (exact) mass is 319 g/mol. The molecule has 1 amide bonds. The molecule has 0 aliphatic carbocycles. The van der Waals surface area contributed by atoms with E-state index in [4.69, 9.17) is 4.55 Å². The van der Waals surface area contributed by atoms with Gasteiger partial charge < -0.3 is 5.32 Å². The molecule has 5 nitrogen and oxygen atoms in total. The van der Waals surface area contributed by atoms with Crippen molar-refractivity contribution < 1.29 is 17.8 Å². The second-order valence-corrected chi connectivity index (χ2v) is 6.93. The van der Waals surface area contributed by atoms with Gasteiger partial charge >= 0.3 is 0 Å². The molecule has 1 unspecified atom stereocenters. The van der Waals surface area contributed by atoms with Crippen LogP contribution in [0.5, 0.6) is 0 Å². The van der Waals surface area contributed by atoms with Gasteiger partial charge in [-0.2, -0.15) is 8.42 Å². The van der Waals surface area contributed by atoms with Gasteiger partial charge in [0, 0.05) is 0 Å². The summed E-state index contributed by atoms with van der Waals surface area (Å²) >= 11 is 0. The Morgan fingerprint density at radius 3 is 2.00 bits per heavy atom. The molecule has 2 N–H and O–H groups in total. The summed E-state index contributed by atoms with van der Waals surface area (Å²) < 4.78 is 31.4. The van der Waals surface area contributed by atoms with E-state index in [-0.39, 0.29) is 6.42 Å². The third-order valence-corrected chi connectivity index (χ3v) is 4.49. The van der Waals surface area contributed by atoms with Crippen LogP contribution in [0.1, 0.15) is 71.1 Å². The number of carbonyl (C=O) groups excluding carboxylic acids is 1. The number of rotatable bonds is 13. The van der Waals surface area contributed by atoms with Crippen LogP contribution in [-0.2, 0) is 14.9 Å². The van der Waals surface area contributed by atoms with Gasteiger partial charge in [0.1, 0.15) is 0 Å². The highest BCUT2D eigenvalue weighted by Crippen LogP contribution is 2.13. The topological polar surface area (TPSA) is 83.5 Å². The molecule has 0 fully saturated rings. The molecule has 0 bridgehead atoms. The predicted molar refractivity (Wildman–Crippen MR) is 85.5 cm³/mol. The SMILES string of the molecule is C=CC(=O)NC(CCCCCCCCCCC)S(=O)(=O)O. The molecule has 1 atom stereocenters. The first-order chi connectivity index (χ1) is 9.91. The standard InChI is InChI=1S/C15H29NO4S/c1-3-5-6-7-8-9-10-11-12-13-15(21(18,19)20)16-14(17)4-2/h4,15H,2-3,5-13H2,1H3,(H,16,17)(H,18,19,20). The van der Waals surface area contributed by atoms with Crippen molar-refractivity contribution in [1.29, 1.82) is 0 Å². The van der Waals surface area contributed by atoms with Crippen molar-refractivity contribution in [2.24, 2.45) is 0 Å². The highest BCUT2D eigenvalue weighted by atomic mass is 32.2. The normalized spacial score (nSPS) is 12.9. The van der Waals surface area contributed by atoms with Crippen LogP contribution in [0.25, 0.3) is 0 Å². The molecular formula is C15H29NO4S. The zero-order valence-electron chi connectivity index (χ0n) is 13.0. The van der Waals surface area contributed by atoms with E-state index in [9.17, 15) is 13.2 Å². The lowest BCUT2D eigenvalue weighted by molar-refractivity contribution is -0.116. The highest BCUT2D eigenvalue weighted by molar-refractivity contribution is 7.86. The molecule has 0 heterocycles. The van der Waals surface area contributed by atoms with Gasteiger partial charge in [0.2, 0.25) is 5.91 Å². The first-order valence-electron chi connectivity index (χ1n) is 7.81. The molecule has 6 heteroatoms. The van der Waals surface area contributed by atoms with Crippen LogP contribution < -0.4 is 5.32 Å². The van der Waals surface area contributed by atoms with Crippen LogP contribution in [0.3, 0.4) is 0 Å². The van der Waals surface area contributed by atoms with E-state index in [1.807, 2.05) is 0 Å². The lowest BCUT2D eigenvalue weighted by Crippen LogP contribution is -2.39. The number of amides is 1. The van der Waals surface area contributed by atoms with Crippen molar-refractivity contribution in [1.82, 2.24) is 5.32 Å². The highest BCUT2D eigenvalue weighted by Gasteiger charge is 2.23. The number of hydrogen-bond donors (Lipinski definition) is 2. The Morgan fingerprint density at radius 2 is 1.57 bits per heavy atom. The lowest BCUT2D eigenvalue weighted by Gasteiger charge is -2.14. The smallest absolute Gasteiger partial charge is 0.286 e. The Labute approximate surface area is 128 Å². The van der Waals surface area contributed by atoms with Gasteiger partial charge in [-0.05, 0) is 12.5 Å². The van der Waals surface area contributed by atoms with Crippen LogP contribution >= 0.6 is 0 Å². The first-order valence-corrected chi connectivity index (χ1v) is 9.31. The maximum atomic E-state index is 11.2. The Hall–Kier alpha value is -0.880. The fourth-order valence-corrected chi connectivity index (χ4v) is 2.88.